The van der Waals surface area contributed by atoms with Crippen LogP contribution in [0.2, 0.25) is 0 Å². The van der Waals surface area contributed by atoms with E-state index in [4.69, 9.17) is 0 Å². The second-order valence-corrected chi connectivity index (χ2v) is 7.28. The van der Waals surface area contributed by atoms with Crippen LogP contribution in [0.5, 0.6) is 0 Å². The highest BCUT2D eigenvalue weighted by atomic mass is 16.3. The highest BCUT2D eigenvalue weighted by Crippen LogP contribution is 2.25. The van der Waals surface area contributed by atoms with Crippen LogP contribution in [0.1, 0.15) is 12.8 Å². The maximum Gasteiger partial charge on any atom is 0.323 e. The predicted molar refractivity (Wildman–Crippen MR) is 106 cm³/mol. The molecule has 2 N–H and O–H groups in total. The van der Waals surface area contributed by atoms with Gasteiger partial charge in [-0.25, -0.2) is 9.78 Å². The summed E-state index contributed by atoms with van der Waals surface area (Å²) in [6, 6.07) is 11.5. The molecule has 3 heterocycles. The van der Waals surface area contributed by atoms with Crippen LogP contribution in [0.4, 0.5) is 10.6 Å². The van der Waals surface area contributed by atoms with Crippen LogP contribution in [0, 0.1) is 0 Å². The average Bonchev–Trinajstić information content (AvgIpc) is 3.33. The molecule has 8 heteroatoms. The first-order valence-corrected chi connectivity index (χ1v) is 9.36. The van der Waals surface area contributed by atoms with E-state index < -0.39 is 5.60 Å². The maximum atomic E-state index is 12.7. The van der Waals surface area contributed by atoms with Crippen LogP contribution in [-0.2, 0) is 13.6 Å². The third kappa shape index (κ3) is 3.91. The number of piperidine rings is 1. The van der Waals surface area contributed by atoms with Gasteiger partial charge in [-0.3, -0.25) is 10.00 Å². The molecule has 28 heavy (non-hydrogen) atoms. The van der Waals surface area contributed by atoms with Gasteiger partial charge in [-0.15, -0.1) is 0 Å². The van der Waals surface area contributed by atoms with E-state index in [-0.39, 0.29) is 6.03 Å². The number of nitrogens with one attached hydrogen (secondary N) is 1. The molecule has 0 spiro atoms. The minimum Gasteiger partial charge on any atom is -0.388 e. The quantitative estimate of drug-likeness (QED) is 0.727. The summed E-state index contributed by atoms with van der Waals surface area (Å²) in [4.78, 5) is 18.4. The molecule has 8 nitrogen and oxygen atoms in total. The van der Waals surface area contributed by atoms with Gasteiger partial charge < -0.3 is 14.6 Å². The highest BCUT2D eigenvalue weighted by Gasteiger charge is 2.34. The molecule has 0 saturated carbocycles. The van der Waals surface area contributed by atoms with Gasteiger partial charge >= 0.3 is 6.03 Å². The second kappa shape index (κ2) is 7.47. The lowest BCUT2D eigenvalue weighted by Crippen LogP contribution is -2.49. The number of aromatic nitrogens is 4. The van der Waals surface area contributed by atoms with Crippen LogP contribution in [0.15, 0.2) is 55.1 Å². The van der Waals surface area contributed by atoms with E-state index in [0.29, 0.717) is 38.3 Å². The summed E-state index contributed by atoms with van der Waals surface area (Å²) in [5.74, 6) is 0.642. The number of amides is 2. The van der Waals surface area contributed by atoms with Crippen molar-refractivity contribution in [3.63, 3.8) is 0 Å². The average molecular weight is 380 g/mol. The van der Waals surface area contributed by atoms with E-state index in [1.807, 2.05) is 54.2 Å². The number of anilines is 1. The topological polar surface area (TPSA) is 88.2 Å². The number of aryl methyl sites for hydroxylation is 1. The van der Waals surface area contributed by atoms with Gasteiger partial charge in [0.1, 0.15) is 5.82 Å². The third-order valence-electron chi connectivity index (χ3n) is 5.20. The zero-order chi connectivity index (χ0) is 19.6. The molecule has 0 radical (unpaired) electrons. The SMILES string of the molecule is Cn1nc(-c2ccccc2)cc1NC(=O)N1CCC(O)(Cn2ccnc2)CC1. The smallest absolute Gasteiger partial charge is 0.323 e. The standard InChI is InChI=1S/C20H24N6O2/c1-24-18(13-17(23-24)16-5-3-2-4-6-16)22-19(27)26-10-7-20(28,8-11-26)14-25-12-9-21-15-25/h2-6,9,12-13,15,28H,7-8,10-11,14H2,1H3,(H,22,27). The van der Waals surface area contributed by atoms with Crippen LogP contribution >= 0.6 is 0 Å². The fourth-order valence-corrected chi connectivity index (χ4v) is 3.53. The number of likely N-dealkylation sites (tertiary alicyclic amines) is 1. The molecule has 1 saturated heterocycles. The molecule has 2 amide bonds. The van der Waals surface area contributed by atoms with E-state index in [0.717, 1.165) is 11.3 Å². The van der Waals surface area contributed by atoms with E-state index >= 15 is 0 Å². The Morgan fingerprint density at radius 1 is 1.25 bits per heavy atom. The van der Waals surface area contributed by atoms with Crippen LogP contribution in [0.3, 0.4) is 0 Å². The van der Waals surface area contributed by atoms with E-state index in [2.05, 4.69) is 15.4 Å². The largest absolute Gasteiger partial charge is 0.388 e. The molecule has 3 aromatic rings. The van der Waals surface area contributed by atoms with Crippen molar-refractivity contribution in [3.05, 3.63) is 55.1 Å². The number of hydrogen-bond donors (Lipinski definition) is 2. The van der Waals surface area contributed by atoms with Gasteiger partial charge in [-0.1, -0.05) is 30.3 Å². The van der Waals surface area contributed by atoms with Gasteiger partial charge in [-0.2, -0.15) is 5.10 Å². The Balaban J connectivity index is 1.37. The summed E-state index contributed by atoms with van der Waals surface area (Å²) >= 11 is 0. The lowest BCUT2D eigenvalue weighted by Gasteiger charge is -2.38. The van der Waals surface area contributed by atoms with Crippen LogP contribution < -0.4 is 5.32 Å². The highest BCUT2D eigenvalue weighted by molar-refractivity contribution is 5.89. The summed E-state index contributed by atoms with van der Waals surface area (Å²) in [6.07, 6.45) is 6.29. The Morgan fingerprint density at radius 3 is 2.68 bits per heavy atom. The predicted octanol–water partition coefficient (Wildman–Crippen LogP) is 2.34. The van der Waals surface area contributed by atoms with E-state index in [1.165, 1.54) is 0 Å². The first-order valence-electron chi connectivity index (χ1n) is 9.36. The summed E-state index contributed by atoms with van der Waals surface area (Å²) < 4.78 is 3.54. The minimum atomic E-state index is -0.815. The van der Waals surface area contributed by atoms with Gasteiger partial charge in [0, 0.05) is 44.2 Å². The molecular weight excluding hydrogens is 356 g/mol. The zero-order valence-electron chi connectivity index (χ0n) is 15.8. The Kier molecular flexibility index (Phi) is 4.87. The first-order chi connectivity index (χ1) is 13.5. The zero-order valence-corrected chi connectivity index (χ0v) is 15.8. The summed E-state index contributed by atoms with van der Waals surface area (Å²) in [5, 5.41) is 18.2. The summed E-state index contributed by atoms with van der Waals surface area (Å²) in [6.45, 7) is 1.49. The lowest BCUT2D eigenvalue weighted by atomic mass is 9.91. The summed E-state index contributed by atoms with van der Waals surface area (Å²) in [5.41, 5.74) is 0.998. The van der Waals surface area contributed by atoms with Crippen molar-refractivity contribution in [3.8, 4) is 11.3 Å². The van der Waals surface area contributed by atoms with Crippen molar-refractivity contribution >= 4 is 11.8 Å². The normalized spacial score (nSPS) is 16.1. The number of nitrogens with zero attached hydrogens (tertiary/aromatic N) is 5. The van der Waals surface area contributed by atoms with Crippen molar-refractivity contribution in [2.24, 2.45) is 7.05 Å². The van der Waals surface area contributed by atoms with Crippen molar-refractivity contribution in [1.82, 2.24) is 24.2 Å². The number of aliphatic hydroxyl groups is 1. The molecule has 4 rings (SSSR count). The third-order valence-corrected chi connectivity index (χ3v) is 5.20. The van der Waals surface area contributed by atoms with Gasteiger partial charge in [0.25, 0.3) is 0 Å². The number of benzene rings is 1. The summed E-state index contributed by atoms with van der Waals surface area (Å²) in [7, 11) is 1.81. The van der Waals surface area contributed by atoms with E-state index in [1.54, 1.807) is 22.1 Å². The maximum absolute atomic E-state index is 12.7. The number of carbonyl (C=O) groups is 1. The molecule has 1 fully saturated rings. The Bertz CT molecular complexity index is 927. The Labute approximate surface area is 163 Å². The van der Waals surface area contributed by atoms with Crippen molar-refractivity contribution in [2.75, 3.05) is 18.4 Å². The monoisotopic (exact) mass is 380 g/mol. The van der Waals surface area contributed by atoms with Gasteiger partial charge in [0.15, 0.2) is 0 Å². The van der Waals surface area contributed by atoms with Gasteiger partial charge in [0.05, 0.1) is 24.2 Å². The van der Waals surface area contributed by atoms with Crippen LogP contribution in [-0.4, -0.2) is 54.1 Å². The molecule has 0 bridgehead atoms. The Morgan fingerprint density at radius 2 is 2.00 bits per heavy atom. The Hall–Kier alpha value is -3.13. The fourth-order valence-electron chi connectivity index (χ4n) is 3.53. The van der Waals surface area contributed by atoms with Crippen molar-refractivity contribution < 1.29 is 9.90 Å². The number of hydrogen-bond acceptors (Lipinski definition) is 4. The lowest BCUT2D eigenvalue weighted by molar-refractivity contribution is -0.0248. The first kappa shape index (κ1) is 18.2. The molecule has 146 valence electrons. The molecule has 0 aliphatic carbocycles. The van der Waals surface area contributed by atoms with E-state index in [9.17, 15) is 9.90 Å². The molecular formula is C20H24N6O2. The number of carbonyl (C=O) groups excluding carboxylic acids is 1. The number of urea groups is 1. The molecule has 2 aromatic heterocycles. The molecule has 1 aromatic carbocycles. The number of imidazole rings is 1. The van der Waals surface area contributed by atoms with Gasteiger partial charge in [0.2, 0.25) is 0 Å². The van der Waals surface area contributed by atoms with Crippen molar-refractivity contribution in [1.29, 1.82) is 0 Å². The van der Waals surface area contributed by atoms with Gasteiger partial charge in [-0.05, 0) is 12.8 Å². The molecule has 0 atom stereocenters. The van der Waals surface area contributed by atoms with Crippen LogP contribution in [0.25, 0.3) is 11.3 Å². The number of rotatable bonds is 4. The second-order valence-electron chi connectivity index (χ2n) is 7.28. The minimum absolute atomic E-state index is 0.174. The molecule has 0 unspecified atom stereocenters. The molecule has 1 aliphatic heterocycles. The molecule has 1 aliphatic rings. The van der Waals surface area contributed by atoms with Crippen molar-refractivity contribution in [2.45, 2.75) is 25.0 Å². The fraction of sp³-hybridized carbons (Fsp3) is 0.350.